The first-order chi connectivity index (χ1) is 9.56. The fourth-order valence-corrected chi connectivity index (χ4v) is 2.42. The molecule has 1 unspecified atom stereocenters. The number of likely N-dealkylation sites (tertiary alicyclic amines) is 1. The van der Waals surface area contributed by atoms with E-state index in [0.29, 0.717) is 30.5 Å². The molecular formula is C12H15BrFN3O3. The largest absolute Gasteiger partial charge is 0.473 e. The summed E-state index contributed by atoms with van der Waals surface area (Å²) in [4.78, 5) is 16.3. The molecule has 0 aliphatic carbocycles. The lowest BCUT2D eigenvalue weighted by molar-refractivity contribution is -0.386. The van der Waals surface area contributed by atoms with Crippen LogP contribution < -0.4 is 4.74 Å². The van der Waals surface area contributed by atoms with E-state index in [1.807, 2.05) is 4.90 Å². The van der Waals surface area contributed by atoms with Crippen molar-refractivity contribution < 1.29 is 14.1 Å². The highest BCUT2D eigenvalue weighted by Crippen LogP contribution is 2.27. The Morgan fingerprint density at radius 2 is 2.45 bits per heavy atom. The molecule has 0 radical (unpaired) electrons. The zero-order valence-electron chi connectivity index (χ0n) is 10.8. The van der Waals surface area contributed by atoms with Crippen LogP contribution in [0.2, 0.25) is 0 Å². The van der Waals surface area contributed by atoms with Gasteiger partial charge in [-0.2, -0.15) is 0 Å². The van der Waals surface area contributed by atoms with Crippen LogP contribution in [-0.2, 0) is 0 Å². The van der Waals surface area contributed by atoms with Crippen molar-refractivity contribution in [1.82, 2.24) is 9.88 Å². The van der Waals surface area contributed by atoms with Gasteiger partial charge in [0.15, 0.2) is 0 Å². The minimum absolute atomic E-state index is 0.0167. The van der Waals surface area contributed by atoms with E-state index >= 15 is 0 Å². The molecule has 1 saturated heterocycles. The summed E-state index contributed by atoms with van der Waals surface area (Å²) in [7, 11) is 0. The van der Waals surface area contributed by atoms with Crippen LogP contribution in [-0.4, -0.2) is 47.2 Å². The number of hydrogen-bond donors (Lipinski definition) is 0. The molecule has 20 heavy (non-hydrogen) atoms. The van der Waals surface area contributed by atoms with Crippen molar-refractivity contribution in [2.75, 3.05) is 26.2 Å². The quantitative estimate of drug-likeness (QED) is 0.449. The minimum atomic E-state index is -0.731. The molecule has 0 bridgehead atoms. The lowest BCUT2D eigenvalue weighted by Gasteiger charge is -2.14. The van der Waals surface area contributed by atoms with Crippen molar-refractivity contribution in [2.45, 2.75) is 19.0 Å². The van der Waals surface area contributed by atoms with Gasteiger partial charge in [-0.05, 0) is 28.8 Å². The van der Waals surface area contributed by atoms with Crippen molar-refractivity contribution >= 4 is 21.6 Å². The number of pyridine rings is 1. The molecule has 1 aliphatic rings. The van der Waals surface area contributed by atoms with Gasteiger partial charge in [0, 0.05) is 36.4 Å². The first-order valence-electron chi connectivity index (χ1n) is 6.35. The van der Waals surface area contributed by atoms with E-state index in [1.54, 1.807) is 0 Å². The molecule has 1 aromatic rings. The van der Waals surface area contributed by atoms with Gasteiger partial charge in [-0.3, -0.25) is 10.1 Å². The number of nitro groups is 1. The van der Waals surface area contributed by atoms with E-state index in [9.17, 15) is 14.5 Å². The molecule has 0 saturated carbocycles. The Kier molecular flexibility index (Phi) is 5.24. The van der Waals surface area contributed by atoms with Gasteiger partial charge in [-0.25, -0.2) is 9.37 Å². The van der Waals surface area contributed by atoms with Crippen LogP contribution in [0.5, 0.6) is 5.88 Å². The molecule has 1 aliphatic heterocycles. The van der Waals surface area contributed by atoms with Gasteiger partial charge in [0.05, 0.1) is 11.5 Å². The topological polar surface area (TPSA) is 68.5 Å². The highest BCUT2D eigenvalue weighted by Gasteiger charge is 2.21. The molecule has 1 fully saturated rings. The summed E-state index contributed by atoms with van der Waals surface area (Å²) >= 11 is 3.13. The Bertz CT molecular complexity index is 489. The second-order valence-corrected chi connectivity index (χ2v) is 5.54. The van der Waals surface area contributed by atoms with Crippen LogP contribution in [0.15, 0.2) is 16.7 Å². The Labute approximate surface area is 124 Å². The third kappa shape index (κ3) is 4.11. The summed E-state index contributed by atoms with van der Waals surface area (Å²) in [6, 6.07) is 1.36. The van der Waals surface area contributed by atoms with E-state index in [0.717, 1.165) is 13.1 Å². The summed E-state index contributed by atoms with van der Waals surface area (Å²) in [6.07, 6.45) is 1.99. The summed E-state index contributed by atoms with van der Waals surface area (Å²) in [5.41, 5.74) is -0.163. The summed E-state index contributed by atoms with van der Waals surface area (Å²) in [6.45, 7) is 2.28. The zero-order valence-corrected chi connectivity index (χ0v) is 12.4. The smallest absolute Gasteiger partial charge is 0.332 e. The van der Waals surface area contributed by atoms with E-state index in [4.69, 9.17) is 4.74 Å². The van der Waals surface area contributed by atoms with Crippen molar-refractivity contribution in [3.8, 4) is 5.88 Å². The first-order valence-corrected chi connectivity index (χ1v) is 7.14. The molecule has 6 nitrogen and oxygen atoms in total. The van der Waals surface area contributed by atoms with Crippen molar-refractivity contribution in [3.05, 3.63) is 26.9 Å². The molecule has 1 aromatic heterocycles. The van der Waals surface area contributed by atoms with Crippen LogP contribution in [0, 0.1) is 10.1 Å². The number of hydrogen-bond acceptors (Lipinski definition) is 5. The SMILES string of the molecule is O=[N+]([O-])c1cc(Br)cnc1OCCCN1CCC(F)C1. The van der Waals surface area contributed by atoms with Crippen LogP contribution in [0.25, 0.3) is 0 Å². The van der Waals surface area contributed by atoms with Gasteiger partial charge in [-0.1, -0.05) is 0 Å². The first kappa shape index (κ1) is 15.1. The molecule has 8 heteroatoms. The number of nitrogens with zero attached hydrogens (tertiary/aromatic N) is 3. The maximum atomic E-state index is 13.0. The van der Waals surface area contributed by atoms with Gasteiger partial charge < -0.3 is 9.64 Å². The number of rotatable bonds is 6. The average molecular weight is 348 g/mol. The van der Waals surface area contributed by atoms with E-state index in [-0.39, 0.29) is 11.6 Å². The zero-order chi connectivity index (χ0) is 14.5. The second kappa shape index (κ2) is 6.94. The fourth-order valence-electron chi connectivity index (χ4n) is 2.10. The molecule has 110 valence electrons. The van der Waals surface area contributed by atoms with E-state index in [2.05, 4.69) is 20.9 Å². The van der Waals surface area contributed by atoms with Crippen LogP contribution in [0.1, 0.15) is 12.8 Å². The maximum Gasteiger partial charge on any atom is 0.332 e. The molecular weight excluding hydrogens is 333 g/mol. The summed E-state index contributed by atoms with van der Waals surface area (Å²) in [5, 5.41) is 10.9. The van der Waals surface area contributed by atoms with E-state index in [1.165, 1.54) is 12.3 Å². The predicted octanol–water partition coefficient (Wildman–Crippen LogP) is 2.57. The summed E-state index contributed by atoms with van der Waals surface area (Å²) in [5.74, 6) is 0.0167. The average Bonchev–Trinajstić information content (AvgIpc) is 2.81. The highest BCUT2D eigenvalue weighted by atomic mass is 79.9. The van der Waals surface area contributed by atoms with Gasteiger partial charge in [0.1, 0.15) is 6.17 Å². The highest BCUT2D eigenvalue weighted by molar-refractivity contribution is 9.10. The van der Waals surface area contributed by atoms with Gasteiger partial charge in [-0.15, -0.1) is 0 Å². The van der Waals surface area contributed by atoms with Crippen LogP contribution in [0.3, 0.4) is 0 Å². The number of halogens is 2. The van der Waals surface area contributed by atoms with Crippen LogP contribution >= 0.6 is 15.9 Å². The van der Waals surface area contributed by atoms with Gasteiger partial charge >= 0.3 is 5.69 Å². The lowest BCUT2D eigenvalue weighted by Crippen LogP contribution is -2.23. The Morgan fingerprint density at radius 1 is 1.65 bits per heavy atom. The maximum absolute atomic E-state index is 13.0. The molecule has 0 spiro atoms. The van der Waals surface area contributed by atoms with Gasteiger partial charge in [0.25, 0.3) is 5.88 Å². The van der Waals surface area contributed by atoms with Crippen molar-refractivity contribution in [2.24, 2.45) is 0 Å². The second-order valence-electron chi connectivity index (χ2n) is 4.62. The van der Waals surface area contributed by atoms with Crippen LogP contribution in [0.4, 0.5) is 10.1 Å². The number of ether oxygens (including phenoxy) is 1. The molecule has 0 amide bonds. The lowest BCUT2D eigenvalue weighted by atomic mass is 10.3. The van der Waals surface area contributed by atoms with E-state index < -0.39 is 11.1 Å². The van der Waals surface area contributed by atoms with Crippen molar-refractivity contribution in [3.63, 3.8) is 0 Å². The standard InChI is InChI=1S/C12H15BrFN3O3/c13-9-6-11(17(18)19)12(15-7-9)20-5-1-3-16-4-2-10(14)8-16/h6-7,10H,1-5,8H2. The molecule has 0 N–H and O–H groups in total. The van der Waals surface area contributed by atoms with Gasteiger partial charge in [0.2, 0.25) is 0 Å². The Morgan fingerprint density at radius 3 is 3.10 bits per heavy atom. The molecule has 1 atom stereocenters. The monoisotopic (exact) mass is 347 g/mol. The minimum Gasteiger partial charge on any atom is -0.473 e. The molecule has 2 rings (SSSR count). The molecule has 2 heterocycles. The Hall–Kier alpha value is -1.28. The third-order valence-electron chi connectivity index (χ3n) is 3.07. The number of alkyl halides is 1. The predicted molar refractivity (Wildman–Crippen MR) is 74.7 cm³/mol. The fraction of sp³-hybridized carbons (Fsp3) is 0.583. The third-order valence-corrected chi connectivity index (χ3v) is 3.50. The molecule has 0 aromatic carbocycles. The summed E-state index contributed by atoms with van der Waals surface area (Å²) < 4.78 is 18.8. The number of aromatic nitrogens is 1. The Balaban J connectivity index is 1.80. The van der Waals surface area contributed by atoms with Crippen molar-refractivity contribution in [1.29, 1.82) is 0 Å². The normalized spacial score (nSPS) is 19.2.